The Balaban J connectivity index is 1.59. The van der Waals surface area contributed by atoms with E-state index in [1.165, 1.54) is 17.6 Å². The first-order chi connectivity index (χ1) is 13.1. The van der Waals surface area contributed by atoms with Crippen LogP contribution in [0.5, 0.6) is 5.75 Å². The van der Waals surface area contributed by atoms with E-state index in [0.717, 1.165) is 5.39 Å². The molecule has 3 aromatic heterocycles. The zero-order chi connectivity index (χ0) is 18.9. The normalized spacial score (nSPS) is 13.4. The number of hydrogen-bond donors (Lipinski definition) is 2. The number of carbonyl (C=O) groups is 1. The third-order valence-electron chi connectivity index (χ3n) is 4.38. The number of hydrogen-bond acceptors (Lipinski definition) is 6. The maximum Gasteiger partial charge on any atom is 0.287 e. The molecule has 0 aliphatic carbocycles. The minimum Gasteiger partial charge on any atom is -0.493 e. The van der Waals surface area contributed by atoms with E-state index in [1.807, 2.05) is 22.9 Å². The Kier molecular flexibility index (Phi) is 4.47. The number of benzene rings is 1. The predicted octanol–water partition coefficient (Wildman–Crippen LogP) is 3.76. The first-order valence-corrected chi connectivity index (χ1v) is 9.20. The Morgan fingerprint density at radius 3 is 2.89 bits per heavy atom. The van der Waals surface area contributed by atoms with Gasteiger partial charge in [-0.2, -0.15) is 11.3 Å². The number of furan rings is 2. The van der Waals surface area contributed by atoms with Crippen LogP contribution in [0.1, 0.15) is 21.9 Å². The van der Waals surface area contributed by atoms with E-state index in [1.54, 1.807) is 37.4 Å². The Morgan fingerprint density at radius 1 is 1.30 bits per heavy atom. The topological polar surface area (TPSA) is 84.8 Å². The van der Waals surface area contributed by atoms with E-state index in [9.17, 15) is 9.90 Å². The number of ether oxygens (including phenoxy) is 1. The zero-order valence-corrected chi connectivity index (χ0v) is 15.3. The summed E-state index contributed by atoms with van der Waals surface area (Å²) in [5.41, 5.74) is -0.318. The van der Waals surface area contributed by atoms with Crippen LogP contribution in [-0.2, 0) is 5.60 Å². The van der Waals surface area contributed by atoms with Crippen LogP contribution >= 0.6 is 11.3 Å². The number of nitrogens with one attached hydrogen (secondary N) is 1. The molecule has 6 nitrogen and oxygen atoms in total. The van der Waals surface area contributed by atoms with Crippen molar-refractivity contribution >= 4 is 28.2 Å². The number of methoxy groups -OCH3 is 1. The van der Waals surface area contributed by atoms with E-state index < -0.39 is 11.5 Å². The summed E-state index contributed by atoms with van der Waals surface area (Å²) in [7, 11) is 1.54. The van der Waals surface area contributed by atoms with Crippen LogP contribution in [0.15, 0.2) is 68.3 Å². The molecule has 1 atom stereocenters. The highest BCUT2D eigenvalue weighted by atomic mass is 32.1. The molecule has 0 spiro atoms. The van der Waals surface area contributed by atoms with E-state index in [2.05, 4.69) is 5.32 Å². The van der Waals surface area contributed by atoms with E-state index >= 15 is 0 Å². The van der Waals surface area contributed by atoms with Crippen LogP contribution in [0.25, 0.3) is 11.0 Å². The van der Waals surface area contributed by atoms with Crippen molar-refractivity contribution in [2.75, 3.05) is 13.7 Å². The second-order valence-electron chi connectivity index (χ2n) is 6.02. The van der Waals surface area contributed by atoms with Gasteiger partial charge in [-0.05, 0) is 41.1 Å². The second-order valence-corrected chi connectivity index (χ2v) is 6.80. The van der Waals surface area contributed by atoms with Gasteiger partial charge in [0.25, 0.3) is 5.91 Å². The summed E-state index contributed by atoms with van der Waals surface area (Å²) >= 11 is 1.45. The third kappa shape index (κ3) is 3.11. The second kappa shape index (κ2) is 6.94. The summed E-state index contributed by atoms with van der Waals surface area (Å²) in [5, 5.41) is 18.4. The number of amides is 1. The molecule has 0 saturated heterocycles. The fourth-order valence-electron chi connectivity index (χ4n) is 2.95. The van der Waals surface area contributed by atoms with Crippen molar-refractivity contribution in [2.24, 2.45) is 0 Å². The Bertz CT molecular complexity index is 1020. The molecular weight excluding hydrogens is 366 g/mol. The predicted molar refractivity (Wildman–Crippen MR) is 101 cm³/mol. The molecule has 0 fully saturated rings. The minimum atomic E-state index is -1.47. The number of rotatable bonds is 6. The molecular formula is C20H17NO5S. The largest absolute Gasteiger partial charge is 0.493 e. The maximum atomic E-state index is 12.6. The number of thiophene rings is 1. The van der Waals surface area contributed by atoms with Crippen LogP contribution in [0, 0.1) is 0 Å². The zero-order valence-electron chi connectivity index (χ0n) is 14.5. The lowest BCUT2D eigenvalue weighted by atomic mass is 9.93. The minimum absolute atomic E-state index is 0.0652. The highest BCUT2D eigenvalue weighted by Crippen LogP contribution is 2.32. The van der Waals surface area contributed by atoms with Gasteiger partial charge in [-0.3, -0.25) is 4.79 Å². The van der Waals surface area contributed by atoms with Crippen LogP contribution in [0.4, 0.5) is 0 Å². The first kappa shape index (κ1) is 17.4. The molecule has 27 heavy (non-hydrogen) atoms. The summed E-state index contributed by atoms with van der Waals surface area (Å²) in [6, 6.07) is 12.2. The highest BCUT2D eigenvalue weighted by molar-refractivity contribution is 7.08. The molecule has 0 bridgehead atoms. The molecule has 0 aliphatic heterocycles. The first-order valence-electron chi connectivity index (χ1n) is 8.25. The maximum absolute atomic E-state index is 12.6. The summed E-state index contributed by atoms with van der Waals surface area (Å²) < 4.78 is 16.3. The van der Waals surface area contributed by atoms with Crippen LogP contribution in [-0.4, -0.2) is 24.7 Å². The van der Waals surface area contributed by atoms with Crippen LogP contribution in [0.2, 0.25) is 0 Å². The quantitative estimate of drug-likeness (QED) is 0.530. The summed E-state index contributed by atoms with van der Waals surface area (Å²) in [5.74, 6) is 0.611. The Morgan fingerprint density at radius 2 is 2.19 bits per heavy atom. The van der Waals surface area contributed by atoms with E-state index in [-0.39, 0.29) is 12.3 Å². The molecule has 0 unspecified atom stereocenters. The average Bonchev–Trinajstić information content (AvgIpc) is 3.45. The number of fused-ring (bicyclic) bond motifs is 1. The molecule has 138 valence electrons. The molecule has 0 saturated carbocycles. The van der Waals surface area contributed by atoms with Gasteiger partial charge in [0.05, 0.1) is 19.9 Å². The van der Waals surface area contributed by atoms with Gasteiger partial charge in [-0.1, -0.05) is 12.1 Å². The van der Waals surface area contributed by atoms with Gasteiger partial charge in [0.15, 0.2) is 22.7 Å². The van der Waals surface area contributed by atoms with E-state index in [0.29, 0.717) is 22.7 Å². The molecule has 2 N–H and O–H groups in total. The van der Waals surface area contributed by atoms with Gasteiger partial charge >= 0.3 is 0 Å². The van der Waals surface area contributed by atoms with Gasteiger partial charge in [-0.15, -0.1) is 0 Å². The van der Waals surface area contributed by atoms with Crippen molar-refractivity contribution in [1.82, 2.24) is 5.32 Å². The summed E-state index contributed by atoms with van der Waals surface area (Å²) in [6.45, 7) is -0.0652. The number of carbonyl (C=O) groups excluding carboxylic acids is 1. The van der Waals surface area contributed by atoms with Gasteiger partial charge in [-0.25, -0.2) is 0 Å². The molecule has 3 heterocycles. The van der Waals surface area contributed by atoms with Gasteiger partial charge in [0, 0.05) is 10.9 Å². The molecule has 0 radical (unpaired) electrons. The SMILES string of the molecule is COc1cccc2cc(C(=O)NC[C@@](O)(c3ccsc3)c3ccco3)oc12. The lowest BCUT2D eigenvalue weighted by Crippen LogP contribution is -2.41. The standard InChI is InChI=1S/C20H17NO5S/c1-24-15-5-2-4-13-10-16(26-18(13)15)19(22)21-12-20(23,14-7-9-27-11-14)17-6-3-8-25-17/h2-11,23H,12H2,1H3,(H,21,22)/t20-/m1/s1. The van der Waals surface area contributed by atoms with Crippen molar-refractivity contribution < 1.29 is 23.5 Å². The summed E-state index contributed by atoms with van der Waals surface area (Å²) in [6.07, 6.45) is 1.49. The Labute approximate surface area is 159 Å². The van der Waals surface area contributed by atoms with Crippen molar-refractivity contribution in [3.63, 3.8) is 0 Å². The Hall–Kier alpha value is -3.03. The van der Waals surface area contributed by atoms with Crippen LogP contribution < -0.4 is 10.1 Å². The third-order valence-corrected chi connectivity index (χ3v) is 5.07. The summed E-state index contributed by atoms with van der Waals surface area (Å²) in [4.78, 5) is 12.6. The monoisotopic (exact) mass is 383 g/mol. The fraction of sp³-hybridized carbons (Fsp3) is 0.150. The number of aliphatic hydroxyl groups is 1. The lowest BCUT2D eigenvalue weighted by molar-refractivity contribution is 0.0522. The molecule has 4 aromatic rings. The van der Waals surface area contributed by atoms with Gasteiger partial charge in [0.2, 0.25) is 0 Å². The van der Waals surface area contributed by atoms with Crippen molar-refractivity contribution in [3.8, 4) is 5.75 Å². The number of para-hydroxylation sites is 1. The van der Waals surface area contributed by atoms with Crippen molar-refractivity contribution in [2.45, 2.75) is 5.60 Å². The smallest absolute Gasteiger partial charge is 0.287 e. The molecule has 4 rings (SSSR count). The lowest BCUT2D eigenvalue weighted by Gasteiger charge is -2.25. The van der Waals surface area contributed by atoms with Crippen molar-refractivity contribution in [1.29, 1.82) is 0 Å². The van der Waals surface area contributed by atoms with Gasteiger partial charge < -0.3 is 24.0 Å². The van der Waals surface area contributed by atoms with Gasteiger partial charge in [0.1, 0.15) is 5.76 Å². The highest BCUT2D eigenvalue weighted by Gasteiger charge is 2.35. The van der Waals surface area contributed by atoms with E-state index in [4.69, 9.17) is 13.6 Å². The van der Waals surface area contributed by atoms with Crippen LogP contribution in [0.3, 0.4) is 0 Å². The average molecular weight is 383 g/mol. The molecule has 1 aromatic carbocycles. The fourth-order valence-corrected chi connectivity index (χ4v) is 3.67. The molecule has 7 heteroatoms. The van der Waals surface area contributed by atoms with Crippen molar-refractivity contribution in [3.05, 3.63) is 76.6 Å². The molecule has 0 aliphatic rings. The molecule has 1 amide bonds.